The number of Topliss-reactive ketones (excluding diaryl/α,β-unsaturated/α-hetero) is 1. The summed E-state index contributed by atoms with van der Waals surface area (Å²) in [4.78, 5) is 40.8. The first-order valence-electron chi connectivity index (χ1n) is 12.3. The van der Waals surface area contributed by atoms with Crippen LogP contribution in [0.15, 0.2) is 72.3 Å². The molecular formula is C30H28ClNO6. The maximum atomic E-state index is 13.5. The predicted octanol–water partition coefficient (Wildman–Crippen LogP) is 6.24. The Morgan fingerprint density at radius 2 is 1.79 bits per heavy atom. The first-order chi connectivity index (χ1) is 18.3. The summed E-state index contributed by atoms with van der Waals surface area (Å²) in [5.74, 6) is -2.20. The van der Waals surface area contributed by atoms with Crippen molar-refractivity contribution >= 4 is 40.7 Å². The standard InChI is InChI=1S/C30H28ClNO6/c1-4-14-38-30(36)20-10-7-11-21(16-20)32-26(19-9-6-8-18(3)15-19)25(28(34)29(32)35)27(33)23-17-22(37-5-2)12-13-24(23)31/h6-13,15-17,26,33H,4-5,14H2,1-3H3/b27-25+. The Kier molecular flexibility index (Phi) is 8.17. The number of aliphatic hydroxyl groups is 1. The lowest BCUT2D eigenvalue weighted by atomic mass is 9.94. The van der Waals surface area contributed by atoms with E-state index in [0.29, 0.717) is 30.0 Å². The second-order valence-corrected chi connectivity index (χ2v) is 9.25. The molecule has 3 aromatic carbocycles. The molecule has 7 nitrogen and oxygen atoms in total. The zero-order valence-corrected chi connectivity index (χ0v) is 22.1. The van der Waals surface area contributed by atoms with Gasteiger partial charge in [0.1, 0.15) is 11.5 Å². The molecule has 0 bridgehead atoms. The smallest absolute Gasteiger partial charge is 0.338 e. The number of esters is 1. The van der Waals surface area contributed by atoms with Crippen LogP contribution in [0.2, 0.25) is 5.02 Å². The number of halogens is 1. The van der Waals surface area contributed by atoms with Crippen molar-refractivity contribution in [1.29, 1.82) is 0 Å². The Hall–Kier alpha value is -4.10. The minimum atomic E-state index is -0.969. The van der Waals surface area contributed by atoms with Crippen LogP contribution < -0.4 is 9.64 Å². The Bertz CT molecular complexity index is 1430. The summed E-state index contributed by atoms with van der Waals surface area (Å²) in [6.07, 6.45) is 0.667. The minimum Gasteiger partial charge on any atom is -0.507 e. The molecule has 1 fully saturated rings. The van der Waals surface area contributed by atoms with Gasteiger partial charge in [0.05, 0.1) is 35.4 Å². The number of hydrogen-bond acceptors (Lipinski definition) is 6. The van der Waals surface area contributed by atoms with Gasteiger partial charge in [-0.3, -0.25) is 14.5 Å². The summed E-state index contributed by atoms with van der Waals surface area (Å²) < 4.78 is 10.8. The number of benzene rings is 3. The van der Waals surface area contributed by atoms with Crippen LogP contribution in [-0.2, 0) is 14.3 Å². The summed E-state index contributed by atoms with van der Waals surface area (Å²) >= 11 is 6.41. The van der Waals surface area contributed by atoms with Crippen LogP contribution >= 0.6 is 11.6 Å². The number of ketones is 1. The van der Waals surface area contributed by atoms with Gasteiger partial charge < -0.3 is 14.6 Å². The van der Waals surface area contributed by atoms with E-state index < -0.39 is 29.5 Å². The number of carbonyl (C=O) groups excluding carboxylic acids is 3. The Morgan fingerprint density at radius 1 is 1.03 bits per heavy atom. The van der Waals surface area contributed by atoms with Crippen LogP contribution in [0.3, 0.4) is 0 Å². The van der Waals surface area contributed by atoms with Crippen LogP contribution in [0, 0.1) is 6.92 Å². The number of nitrogens with zero attached hydrogens (tertiary/aromatic N) is 1. The van der Waals surface area contributed by atoms with Gasteiger partial charge in [-0.2, -0.15) is 0 Å². The van der Waals surface area contributed by atoms with Crippen molar-refractivity contribution in [1.82, 2.24) is 0 Å². The SMILES string of the molecule is CCCOC(=O)c1cccc(N2C(=O)C(=O)/C(=C(/O)c3cc(OCC)ccc3Cl)C2c2cccc(C)c2)c1. The van der Waals surface area contributed by atoms with Gasteiger partial charge in [0.25, 0.3) is 11.7 Å². The Balaban J connectivity index is 1.91. The summed E-state index contributed by atoms with van der Waals surface area (Å²) in [6, 6.07) is 17.4. The monoisotopic (exact) mass is 533 g/mol. The molecular weight excluding hydrogens is 506 g/mol. The fraction of sp³-hybridized carbons (Fsp3) is 0.233. The van der Waals surface area contributed by atoms with Gasteiger partial charge in [-0.25, -0.2) is 4.79 Å². The summed E-state index contributed by atoms with van der Waals surface area (Å²) in [6.45, 7) is 6.26. The third kappa shape index (κ3) is 5.29. The Morgan fingerprint density at radius 3 is 2.50 bits per heavy atom. The first kappa shape index (κ1) is 26.9. The van der Waals surface area contributed by atoms with Gasteiger partial charge in [-0.05, 0) is 62.2 Å². The van der Waals surface area contributed by atoms with E-state index >= 15 is 0 Å². The number of carbonyl (C=O) groups is 3. The van der Waals surface area contributed by atoms with Crippen molar-refractivity contribution in [3.63, 3.8) is 0 Å². The van der Waals surface area contributed by atoms with E-state index in [4.69, 9.17) is 21.1 Å². The van der Waals surface area contributed by atoms with Crippen molar-refractivity contribution in [2.75, 3.05) is 18.1 Å². The Labute approximate surface area is 226 Å². The van der Waals surface area contributed by atoms with Gasteiger partial charge in [-0.1, -0.05) is 54.4 Å². The summed E-state index contributed by atoms with van der Waals surface area (Å²) in [7, 11) is 0. The molecule has 196 valence electrons. The second-order valence-electron chi connectivity index (χ2n) is 8.84. The van der Waals surface area contributed by atoms with E-state index in [1.807, 2.05) is 39.0 Å². The highest BCUT2D eigenvalue weighted by atomic mass is 35.5. The maximum Gasteiger partial charge on any atom is 0.338 e. The highest BCUT2D eigenvalue weighted by molar-refractivity contribution is 6.52. The fourth-order valence-electron chi connectivity index (χ4n) is 4.40. The van der Waals surface area contributed by atoms with Crippen molar-refractivity contribution < 1.29 is 29.0 Å². The molecule has 1 amide bonds. The molecule has 0 saturated carbocycles. The van der Waals surface area contributed by atoms with Crippen molar-refractivity contribution in [3.05, 3.63) is 99.6 Å². The molecule has 1 aliphatic rings. The number of hydrogen-bond donors (Lipinski definition) is 1. The van der Waals surface area contributed by atoms with E-state index in [-0.39, 0.29) is 28.3 Å². The number of aryl methyl sites for hydroxylation is 1. The molecule has 0 aromatic heterocycles. The molecule has 4 rings (SSSR count). The largest absolute Gasteiger partial charge is 0.507 e. The molecule has 1 unspecified atom stereocenters. The normalized spacial score (nSPS) is 16.5. The van der Waals surface area contributed by atoms with Crippen molar-refractivity contribution in [2.45, 2.75) is 33.2 Å². The van der Waals surface area contributed by atoms with Gasteiger partial charge in [0.15, 0.2) is 0 Å². The van der Waals surface area contributed by atoms with Gasteiger partial charge >= 0.3 is 5.97 Å². The molecule has 38 heavy (non-hydrogen) atoms. The zero-order chi connectivity index (χ0) is 27.4. The van der Waals surface area contributed by atoms with Crippen LogP contribution in [-0.4, -0.2) is 36.0 Å². The van der Waals surface area contributed by atoms with Crippen LogP contribution in [0.25, 0.3) is 5.76 Å². The fourth-order valence-corrected chi connectivity index (χ4v) is 4.61. The highest BCUT2D eigenvalue weighted by Crippen LogP contribution is 2.43. The number of aliphatic hydroxyl groups excluding tert-OH is 1. The lowest BCUT2D eigenvalue weighted by molar-refractivity contribution is -0.132. The lowest BCUT2D eigenvalue weighted by Crippen LogP contribution is -2.29. The average Bonchev–Trinajstić information content (AvgIpc) is 3.18. The van der Waals surface area contributed by atoms with E-state index in [9.17, 15) is 19.5 Å². The predicted molar refractivity (Wildman–Crippen MR) is 146 cm³/mol. The lowest BCUT2D eigenvalue weighted by Gasteiger charge is -2.26. The molecule has 1 saturated heterocycles. The summed E-state index contributed by atoms with van der Waals surface area (Å²) in [5.41, 5.74) is 2.13. The van der Waals surface area contributed by atoms with E-state index in [1.165, 1.54) is 17.0 Å². The molecule has 1 atom stereocenters. The van der Waals surface area contributed by atoms with Gasteiger partial charge in [0, 0.05) is 11.3 Å². The number of anilines is 1. The van der Waals surface area contributed by atoms with E-state index in [2.05, 4.69) is 0 Å². The molecule has 8 heteroatoms. The van der Waals surface area contributed by atoms with Crippen molar-refractivity contribution in [3.8, 4) is 5.75 Å². The number of rotatable bonds is 8. The maximum absolute atomic E-state index is 13.5. The molecule has 0 radical (unpaired) electrons. The van der Waals surface area contributed by atoms with Gasteiger partial charge in [-0.15, -0.1) is 0 Å². The van der Waals surface area contributed by atoms with E-state index in [0.717, 1.165) is 5.56 Å². The third-order valence-electron chi connectivity index (χ3n) is 6.10. The minimum absolute atomic E-state index is 0.116. The zero-order valence-electron chi connectivity index (χ0n) is 21.4. The van der Waals surface area contributed by atoms with Crippen LogP contribution in [0.4, 0.5) is 5.69 Å². The summed E-state index contributed by atoms with van der Waals surface area (Å²) in [5, 5.41) is 11.6. The van der Waals surface area contributed by atoms with Gasteiger partial charge in [0.2, 0.25) is 0 Å². The quantitative estimate of drug-likeness (QED) is 0.159. The first-order valence-corrected chi connectivity index (χ1v) is 12.7. The van der Waals surface area contributed by atoms with Crippen molar-refractivity contribution in [2.24, 2.45) is 0 Å². The number of ether oxygens (including phenoxy) is 2. The topological polar surface area (TPSA) is 93.1 Å². The van der Waals surface area contributed by atoms with Crippen LogP contribution in [0.1, 0.15) is 53.4 Å². The highest BCUT2D eigenvalue weighted by Gasteiger charge is 2.47. The average molecular weight is 534 g/mol. The molecule has 1 heterocycles. The number of amides is 1. The molecule has 3 aromatic rings. The molecule has 1 N–H and O–H groups in total. The van der Waals surface area contributed by atoms with E-state index in [1.54, 1.807) is 36.4 Å². The molecule has 0 aliphatic carbocycles. The van der Waals surface area contributed by atoms with Crippen LogP contribution in [0.5, 0.6) is 5.75 Å². The third-order valence-corrected chi connectivity index (χ3v) is 6.43. The molecule has 0 spiro atoms. The second kappa shape index (κ2) is 11.5. The molecule has 1 aliphatic heterocycles.